The van der Waals surface area contributed by atoms with Gasteiger partial charge in [0.25, 0.3) is 0 Å². The second kappa shape index (κ2) is 9.05. The fraction of sp³-hybridized carbons (Fsp3) is 0.174. The fourth-order valence-corrected chi connectivity index (χ4v) is 3.27. The number of aromatic nitrogens is 2. The molecule has 0 aliphatic carbocycles. The van der Waals surface area contributed by atoms with Crippen LogP contribution in [0.1, 0.15) is 12.6 Å². The normalized spacial score (nSPS) is 15.7. The second-order valence-corrected chi connectivity index (χ2v) is 7.60. The first-order valence-corrected chi connectivity index (χ1v) is 10.2. The van der Waals surface area contributed by atoms with E-state index in [9.17, 15) is 5.11 Å². The molecule has 168 valence electrons. The number of benzene rings is 2. The third-order valence-corrected chi connectivity index (χ3v) is 5.07. The van der Waals surface area contributed by atoms with E-state index in [1.54, 1.807) is 6.92 Å². The van der Waals surface area contributed by atoms with E-state index in [1.165, 1.54) is 16.0 Å². The van der Waals surface area contributed by atoms with Gasteiger partial charge in [-0.2, -0.15) is 14.9 Å². The van der Waals surface area contributed by atoms with Crippen molar-refractivity contribution in [1.82, 2.24) is 14.8 Å². The average Bonchev–Trinajstić information content (AvgIpc) is 3.11. The van der Waals surface area contributed by atoms with Crippen LogP contribution in [0.2, 0.25) is 0 Å². The van der Waals surface area contributed by atoms with Crippen molar-refractivity contribution in [3.63, 3.8) is 0 Å². The molecular formula is C23H25N9O. The summed E-state index contributed by atoms with van der Waals surface area (Å²) in [6, 6.07) is 16.8. The molecule has 1 atom stereocenters. The van der Waals surface area contributed by atoms with E-state index >= 15 is 0 Å². The van der Waals surface area contributed by atoms with Gasteiger partial charge in [-0.05, 0) is 55.8 Å². The standard InChI is InChI=1S/C23H25N9O/c1-15(2)21-25-14-31(24)23(26-21)30(4)18-12-10-17(11-13-18)27-28-20-16(3)29-32(22(20)33)19-8-6-5-7-9-19/h5-14,23,33H,1,24H2,2-4H3. The van der Waals surface area contributed by atoms with Gasteiger partial charge in [0.2, 0.25) is 12.2 Å². The number of nitrogens with two attached hydrogens (primary N) is 1. The Morgan fingerprint density at radius 3 is 2.48 bits per heavy atom. The van der Waals surface area contributed by atoms with Gasteiger partial charge in [0, 0.05) is 12.7 Å². The largest absolute Gasteiger partial charge is 0.492 e. The first-order chi connectivity index (χ1) is 15.8. The number of anilines is 1. The predicted molar refractivity (Wildman–Crippen MR) is 130 cm³/mol. The number of aryl methyl sites for hydroxylation is 1. The van der Waals surface area contributed by atoms with Gasteiger partial charge in [0.15, 0.2) is 11.5 Å². The Labute approximate surface area is 191 Å². The average molecular weight is 444 g/mol. The summed E-state index contributed by atoms with van der Waals surface area (Å²) in [4.78, 5) is 10.6. The van der Waals surface area contributed by atoms with Gasteiger partial charge >= 0.3 is 0 Å². The van der Waals surface area contributed by atoms with Gasteiger partial charge < -0.3 is 10.0 Å². The lowest BCUT2D eigenvalue weighted by Gasteiger charge is -2.34. The Morgan fingerprint density at radius 2 is 1.82 bits per heavy atom. The molecule has 0 fully saturated rings. The number of nitrogens with zero attached hydrogens (tertiary/aromatic N) is 8. The van der Waals surface area contributed by atoms with Crippen LogP contribution in [0.15, 0.2) is 87.0 Å². The van der Waals surface area contributed by atoms with Gasteiger partial charge in [-0.3, -0.25) is 5.01 Å². The van der Waals surface area contributed by atoms with E-state index in [4.69, 9.17) is 5.84 Å². The molecule has 2 heterocycles. The molecule has 0 radical (unpaired) electrons. The lowest BCUT2D eigenvalue weighted by atomic mass is 10.2. The SMILES string of the molecule is C=C(C)C1=NC(N(C)c2ccc(N=Nc3c(C)nn(-c4ccccc4)c3O)cc2)N(N)C=N1. The zero-order valence-electron chi connectivity index (χ0n) is 18.7. The highest BCUT2D eigenvalue weighted by atomic mass is 16.3. The predicted octanol–water partition coefficient (Wildman–Crippen LogP) is 4.21. The molecule has 3 N–H and O–H groups in total. The maximum atomic E-state index is 10.6. The number of hydrazine groups is 1. The molecule has 3 aromatic rings. The van der Waals surface area contributed by atoms with Crippen LogP contribution < -0.4 is 10.7 Å². The van der Waals surface area contributed by atoms with Crippen molar-refractivity contribution in [2.45, 2.75) is 20.1 Å². The van der Waals surface area contributed by atoms with Crippen molar-refractivity contribution >= 4 is 29.2 Å². The number of amidine groups is 1. The van der Waals surface area contributed by atoms with Crippen LogP contribution in [0.4, 0.5) is 17.1 Å². The molecule has 10 heteroatoms. The number of azo groups is 1. The highest BCUT2D eigenvalue weighted by Crippen LogP contribution is 2.34. The molecule has 33 heavy (non-hydrogen) atoms. The van der Waals surface area contributed by atoms with Crippen molar-refractivity contribution in [2.24, 2.45) is 26.1 Å². The topological polar surface area (TPSA) is 120 Å². The Balaban J connectivity index is 1.52. The van der Waals surface area contributed by atoms with Crippen LogP contribution in [0.3, 0.4) is 0 Å². The Hall–Kier alpha value is -4.31. The molecule has 10 nitrogen and oxygen atoms in total. The van der Waals surface area contributed by atoms with Gasteiger partial charge in [-0.15, -0.1) is 5.11 Å². The summed E-state index contributed by atoms with van der Waals surface area (Å²) >= 11 is 0. The van der Waals surface area contributed by atoms with Crippen molar-refractivity contribution in [3.8, 4) is 11.6 Å². The van der Waals surface area contributed by atoms with Crippen LogP contribution in [-0.2, 0) is 0 Å². The molecule has 0 spiro atoms. The third kappa shape index (κ3) is 4.51. The van der Waals surface area contributed by atoms with E-state index in [-0.39, 0.29) is 5.88 Å². The molecule has 0 saturated heterocycles. The molecule has 2 aromatic carbocycles. The van der Waals surface area contributed by atoms with Crippen molar-refractivity contribution < 1.29 is 5.11 Å². The fourth-order valence-electron chi connectivity index (χ4n) is 3.27. The number of aliphatic imine (C=N–C) groups is 2. The molecule has 1 aromatic heterocycles. The van der Waals surface area contributed by atoms with Crippen molar-refractivity contribution in [3.05, 3.63) is 72.4 Å². The minimum Gasteiger partial charge on any atom is -0.492 e. The number of hydrogen-bond acceptors (Lipinski definition) is 9. The minimum atomic E-state index is -0.454. The summed E-state index contributed by atoms with van der Waals surface area (Å²) in [5.41, 5.74) is 3.91. The van der Waals surface area contributed by atoms with Crippen LogP contribution in [0.25, 0.3) is 5.69 Å². The highest BCUT2D eigenvalue weighted by molar-refractivity contribution is 6.02. The summed E-state index contributed by atoms with van der Waals surface area (Å²) in [6.07, 6.45) is 1.08. The minimum absolute atomic E-state index is 0.0630. The van der Waals surface area contributed by atoms with Crippen LogP contribution in [0, 0.1) is 6.92 Å². The number of rotatable bonds is 6. The maximum Gasteiger partial charge on any atom is 0.243 e. The summed E-state index contributed by atoms with van der Waals surface area (Å²) in [7, 11) is 1.89. The van der Waals surface area contributed by atoms with E-state index in [0.717, 1.165) is 16.9 Å². The summed E-state index contributed by atoms with van der Waals surface area (Å²) in [5.74, 6) is 6.53. The quantitative estimate of drug-likeness (QED) is 0.437. The second-order valence-electron chi connectivity index (χ2n) is 7.60. The zero-order chi connectivity index (χ0) is 23.5. The monoisotopic (exact) mass is 443 g/mol. The van der Waals surface area contributed by atoms with Crippen LogP contribution in [-0.4, -0.2) is 45.4 Å². The molecule has 4 rings (SSSR count). The number of para-hydroxylation sites is 1. The summed E-state index contributed by atoms with van der Waals surface area (Å²) < 4.78 is 1.44. The van der Waals surface area contributed by atoms with Crippen molar-refractivity contribution in [1.29, 1.82) is 0 Å². The lowest BCUT2D eigenvalue weighted by molar-refractivity contribution is 0.331. The number of hydrogen-bond donors (Lipinski definition) is 2. The van der Waals surface area contributed by atoms with E-state index in [1.807, 2.05) is 73.5 Å². The molecule has 0 bridgehead atoms. The van der Waals surface area contributed by atoms with Crippen LogP contribution >= 0.6 is 0 Å². The Kier molecular flexibility index (Phi) is 6.01. The molecule has 1 aliphatic heterocycles. The van der Waals surface area contributed by atoms with Gasteiger partial charge in [-0.1, -0.05) is 24.8 Å². The van der Waals surface area contributed by atoms with Crippen LogP contribution in [0.5, 0.6) is 5.88 Å². The maximum absolute atomic E-state index is 10.6. The first kappa shape index (κ1) is 21.9. The highest BCUT2D eigenvalue weighted by Gasteiger charge is 2.22. The van der Waals surface area contributed by atoms with E-state index in [0.29, 0.717) is 22.9 Å². The Morgan fingerprint density at radius 1 is 1.12 bits per heavy atom. The first-order valence-electron chi connectivity index (χ1n) is 10.2. The molecule has 1 unspecified atom stereocenters. The molecular weight excluding hydrogens is 418 g/mol. The smallest absolute Gasteiger partial charge is 0.243 e. The Bertz CT molecular complexity index is 1240. The van der Waals surface area contributed by atoms with Crippen molar-refractivity contribution in [2.75, 3.05) is 11.9 Å². The molecule has 1 aliphatic rings. The summed E-state index contributed by atoms with van der Waals surface area (Å²) in [5, 5.41) is 24.9. The third-order valence-electron chi connectivity index (χ3n) is 5.07. The van der Waals surface area contributed by atoms with Gasteiger partial charge in [0.05, 0.1) is 17.1 Å². The summed E-state index contributed by atoms with van der Waals surface area (Å²) in [6.45, 7) is 7.51. The van der Waals surface area contributed by atoms with Gasteiger partial charge in [0.1, 0.15) is 6.34 Å². The number of aromatic hydroxyl groups is 1. The molecule has 0 saturated carbocycles. The zero-order valence-corrected chi connectivity index (χ0v) is 18.7. The van der Waals surface area contributed by atoms with E-state index < -0.39 is 6.29 Å². The van der Waals surface area contributed by atoms with E-state index in [2.05, 4.69) is 31.9 Å². The molecule has 0 amide bonds. The van der Waals surface area contributed by atoms with Gasteiger partial charge in [-0.25, -0.2) is 15.8 Å². The lowest BCUT2D eigenvalue weighted by Crippen LogP contribution is -2.51.